The van der Waals surface area contributed by atoms with E-state index in [1.165, 1.54) is 11.9 Å². The van der Waals surface area contributed by atoms with Gasteiger partial charge in [0, 0.05) is 5.02 Å². The van der Waals surface area contributed by atoms with Gasteiger partial charge in [0.05, 0.1) is 12.1 Å². The molecule has 0 fully saturated rings. The largest absolute Gasteiger partial charge is 0.391 e. The number of aromatic nitrogens is 3. The first-order valence-corrected chi connectivity index (χ1v) is 7.85. The van der Waals surface area contributed by atoms with Crippen molar-refractivity contribution < 1.29 is 5.11 Å². The number of halogens is 1. The predicted molar refractivity (Wildman–Crippen MR) is 84.4 cm³/mol. The molecule has 0 bridgehead atoms. The van der Waals surface area contributed by atoms with E-state index >= 15 is 0 Å². The molecule has 1 aromatic heterocycles. The highest BCUT2D eigenvalue weighted by atomic mass is 35.5. The van der Waals surface area contributed by atoms with Crippen LogP contribution in [0, 0.1) is 0 Å². The molecular formula is C16H22ClN3O. The van der Waals surface area contributed by atoms with E-state index in [0.29, 0.717) is 6.42 Å². The van der Waals surface area contributed by atoms with Gasteiger partial charge in [0.1, 0.15) is 12.7 Å². The van der Waals surface area contributed by atoms with E-state index in [4.69, 9.17) is 11.6 Å². The molecule has 2 atom stereocenters. The lowest BCUT2D eigenvalue weighted by Gasteiger charge is -2.23. The maximum Gasteiger partial charge on any atom is 0.137 e. The number of aryl methyl sites for hydroxylation is 1. The number of aliphatic hydroxyl groups is 1. The third-order valence-corrected chi connectivity index (χ3v) is 3.97. The molecule has 114 valence electrons. The van der Waals surface area contributed by atoms with Gasteiger partial charge in [-0.2, -0.15) is 5.10 Å². The number of benzene rings is 1. The first-order valence-electron chi connectivity index (χ1n) is 7.47. The minimum absolute atomic E-state index is 0.000231. The fourth-order valence-corrected chi connectivity index (χ4v) is 2.59. The summed E-state index contributed by atoms with van der Waals surface area (Å²) in [6.45, 7) is 2.15. The lowest BCUT2D eigenvalue weighted by molar-refractivity contribution is 0.0911. The summed E-state index contributed by atoms with van der Waals surface area (Å²) in [6.07, 6.45) is 7.41. The van der Waals surface area contributed by atoms with E-state index in [2.05, 4.69) is 17.0 Å². The maximum absolute atomic E-state index is 10.5. The monoisotopic (exact) mass is 307 g/mol. The lowest BCUT2D eigenvalue weighted by Crippen LogP contribution is -2.25. The van der Waals surface area contributed by atoms with Crippen molar-refractivity contribution in [2.24, 2.45) is 0 Å². The molecule has 0 saturated carbocycles. The van der Waals surface area contributed by atoms with Crippen molar-refractivity contribution in [1.29, 1.82) is 0 Å². The molecule has 21 heavy (non-hydrogen) atoms. The molecule has 5 heteroatoms. The normalized spacial score (nSPS) is 14.0. The average Bonchev–Trinajstić information content (AvgIpc) is 3.01. The zero-order valence-electron chi connectivity index (χ0n) is 12.3. The Labute approximate surface area is 130 Å². The predicted octanol–water partition coefficient (Wildman–Crippen LogP) is 3.66. The van der Waals surface area contributed by atoms with E-state index < -0.39 is 6.10 Å². The van der Waals surface area contributed by atoms with Crippen molar-refractivity contribution >= 4 is 11.6 Å². The van der Waals surface area contributed by atoms with Crippen molar-refractivity contribution in [1.82, 2.24) is 14.8 Å². The van der Waals surface area contributed by atoms with Crippen LogP contribution in [-0.2, 0) is 6.42 Å². The molecule has 0 aliphatic heterocycles. The number of hydrogen-bond acceptors (Lipinski definition) is 3. The zero-order valence-corrected chi connectivity index (χ0v) is 13.1. The van der Waals surface area contributed by atoms with Crippen molar-refractivity contribution in [3.63, 3.8) is 0 Å². The molecule has 1 N–H and O–H groups in total. The van der Waals surface area contributed by atoms with Gasteiger partial charge in [0.25, 0.3) is 0 Å². The van der Waals surface area contributed by atoms with Gasteiger partial charge >= 0.3 is 0 Å². The third-order valence-electron chi connectivity index (χ3n) is 3.72. The highest BCUT2D eigenvalue weighted by molar-refractivity contribution is 6.30. The zero-order chi connectivity index (χ0) is 15.1. The Balaban J connectivity index is 1.94. The van der Waals surface area contributed by atoms with Gasteiger partial charge in [-0.1, -0.05) is 43.5 Å². The molecule has 2 aromatic rings. The van der Waals surface area contributed by atoms with Crippen LogP contribution in [0.3, 0.4) is 0 Å². The van der Waals surface area contributed by atoms with Crippen LogP contribution in [0.1, 0.15) is 44.2 Å². The van der Waals surface area contributed by atoms with Gasteiger partial charge in [0.15, 0.2) is 0 Å². The number of rotatable bonds is 8. The molecule has 2 rings (SSSR count). The lowest BCUT2D eigenvalue weighted by atomic mass is 9.98. The minimum Gasteiger partial charge on any atom is -0.391 e. The van der Waals surface area contributed by atoms with Gasteiger partial charge < -0.3 is 5.11 Å². The van der Waals surface area contributed by atoms with Gasteiger partial charge in [-0.25, -0.2) is 9.67 Å². The summed E-state index contributed by atoms with van der Waals surface area (Å²) in [5, 5.41) is 15.4. The molecule has 2 unspecified atom stereocenters. The standard InChI is InChI=1S/C16H22ClN3O/c1-2-3-4-15(20-12-18-11-19-20)16(21)10-7-13-5-8-14(17)9-6-13/h5-6,8-9,11-12,15-16,21H,2-4,7,10H2,1H3. The first kappa shape index (κ1) is 16.0. The summed E-state index contributed by atoms with van der Waals surface area (Å²) in [5.41, 5.74) is 1.19. The highest BCUT2D eigenvalue weighted by Gasteiger charge is 2.21. The maximum atomic E-state index is 10.5. The Kier molecular flexibility index (Phi) is 6.21. The molecule has 1 heterocycles. The van der Waals surface area contributed by atoms with E-state index in [9.17, 15) is 5.11 Å². The van der Waals surface area contributed by atoms with E-state index in [1.54, 1.807) is 11.0 Å². The Morgan fingerprint density at radius 3 is 2.62 bits per heavy atom. The van der Waals surface area contributed by atoms with Crippen LogP contribution < -0.4 is 0 Å². The van der Waals surface area contributed by atoms with Crippen LogP contribution in [0.5, 0.6) is 0 Å². The van der Waals surface area contributed by atoms with Crippen LogP contribution in [-0.4, -0.2) is 26.0 Å². The minimum atomic E-state index is -0.422. The molecule has 0 aliphatic rings. The van der Waals surface area contributed by atoms with Gasteiger partial charge in [-0.15, -0.1) is 0 Å². The van der Waals surface area contributed by atoms with E-state index in [0.717, 1.165) is 30.7 Å². The van der Waals surface area contributed by atoms with Crippen molar-refractivity contribution in [2.75, 3.05) is 0 Å². The van der Waals surface area contributed by atoms with Gasteiger partial charge in [0.2, 0.25) is 0 Å². The quantitative estimate of drug-likeness (QED) is 0.809. The summed E-state index contributed by atoms with van der Waals surface area (Å²) < 4.78 is 1.78. The van der Waals surface area contributed by atoms with Crippen molar-refractivity contribution in [3.8, 4) is 0 Å². The van der Waals surface area contributed by atoms with Crippen molar-refractivity contribution in [2.45, 2.75) is 51.2 Å². The van der Waals surface area contributed by atoms with Crippen LogP contribution in [0.15, 0.2) is 36.9 Å². The third kappa shape index (κ3) is 4.83. The molecule has 0 spiro atoms. The second kappa shape index (κ2) is 8.15. The van der Waals surface area contributed by atoms with Gasteiger partial charge in [-0.3, -0.25) is 0 Å². The molecule has 0 radical (unpaired) electrons. The summed E-state index contributed by atoms with van der Waals surface area (Å²) in [6, 6.07) is 7.78. The van der Waals surface area contributed by atoms with Crippen LogP contribution in [0.2, 0.25) is 5.02 Å². The SMILES string of the molecule is CCCCC(C(O)CCc1ccc(Cl)cc1)n1cncn1. The summed E-state index contributed by atoms with van der Waals surface area (Å²) in [4.78, 5) is 3.99. The Morgan fingerprint density at radius 1 is 1.24 bits per heavy atom. The molecule has 0 amide bonds. The number of aliphatic hydroxyl groups excluding tert-OH is 1. The fraction of sp³-hybridized carbons (Fsp3) is 0.500. The van der Waals surface area contributed by atoms with E-state index in [1.807, 2.05) is 24.3 Å². The second-order valence-corrected chi connectivity index (χ2v) is 5.75. The molecule has 4 nitrogen and oxygen atoms in total. The number of unbranched alkanes of at least 4 members (excludes halogenated alkanes) is 1. The van der Waals surface area contributed by atoms with E-state index in [-0.39, 0.29) is 6.04 Å². The van der Waals surface area contributed by atoms with Crippen LogP contribution in [0.25, 0.3) is 0 Å². The molecule has 1 aromatic carbocycles. The molecular weight excluding hydrogens is 286 g/mol. The highest BCUT2D eigenvalue weighted by Crippen LogP contribution is 2.22. The topological polar surface area (TPSA) is 50.9 Å². The fourth-order valence-electron chi connectivity index (χ4n) is 2.46. The van der Waals surface area contributed by atoms with Crippen LogP contribution >= 0.6 is 11.6 Å². The summed E-state index contributed by atoms with van der Waals surface area (Å²) in [7, 11) is 0. The Bertz CT molecular complexity index is 513. The Hall–Kier alpha value is -1.39. The number of hydrogen-bond donors (Lipinski definition) is 1. The van der Waals surface area contributed by atoms with Crippen LogP contribution in [0.4, 0.5) is 0 Å². The smallest absolute Gasteiger partial charge is 0.137 e. The summed E-state index contributed by atoms with van der Waals surface area (Å²) >= 11 is 5.88. The average molecular weight is 308 g/mol. The molecule has 0 saturated heterocycles. The molecule has 0 aliphatic carbocycles. The number of nitrogens with zero attached hydrogens (tertiary/aromatic N) is 3. The summed E-state index contributed by atoms with van der Waals surface area (Å²) in [5.74, 6) is 0. The van der Waals surface area contributed by atoms with Gasteiger partial charge in [-0.05, 0) is 37.0 Å². The first-order chi connectivity index (χ1) is 10.2. The van der Waals surface area contributed by atoms with Crippen molar-refractivity contribution in [3.05, 3.63) is 47.5 Å². The Morgan fingerprint density at radius 2 is 2.00 bits per heavy atom. The second-order valence-electron chi connectivity index (χ2n) is 5.32.